The molecular weight excluding hydrogens is 503 g/mol. The number of nitrogens with zero attached hydrogens (tertiary/aromatic N) is 4. The largest absolute Gasteiger partial charge is 0.370 e. The fourth-order valence-corrected chi connectivity index (χ4v) is 4.23. The van der Waals surface area contributed by atoms with Gasteiger partial charge in [0, 0.05) is 44.5 Å². The molecule has 1 fully saturated rings. The average Bonchev–Trinajstić information content (AvgIpc) is 2.80. The maximum absolute atomic E-state index is 12.5. The number of aromatic nitrogens is 1. The van der Waals surface area contributed by atoms with Crippen molar-refractivity contribution < 1.29 is 4.79 Å². The summed E-state index contributed by atoms with van der Waals surface area (Å²) in [6.45, 7) is 3.42. The zero-order valence-electron chi connectivity index (χ0n) is 17.8. The minimum absolute atomic E-state index is 0. The second-order valence-electron chi connectivity index (χ2n) is 7.85. The van der Waals surface area contributed by atoms with Crippen molar-refractivity contribution in [1.82, 2.24) is 9.88 Å². The molecule has 2 heterocycles. The zero-order chi connectivity index (χ0) is 20.8. The molecule has 0 saturated carbocycles. The summed E-state index contributed by atoms with van der Waals surface area (Å²) in [5, 5.41) is 3.24. The zero-order valence-corrected chi connectivity index (χ0v) is 20.1. The fraction of sp³-hybridized carbons (Fsp3) is 0.435. The van der Waals surface area contributed by atoms with E-state index in [1.54, 1.807) is 6.20 Å². The SMILES string of the molecule is I.NC(=NCCC(=O)N1CCN(c2ccccn2)CC1)Nc1cccc2c1CCCC2. The van der Waals surface area contributed by atoms with Crippen LogP contribution in [-0.2, 0) is 17.6 Å². The van der Waals surface area contributed by atoms with E-state index in [9.17, 15) is 4.79 Å². The number of guanidine groups is 1. The van der Waals surface area contributed by atoms with Crippen LogP contribution in [0.2, 0.25) is 0 Å². The number of piperazine rings is 1. The molecule has 0 spiro atoms. The Hall–Kier alpha value is -2.36. The van der Waals surface area contributed by atoms with Crippen molar-refractivity contribution in [3.05, 3.63) is 53.7 Å². The van der Waals surface area contributed by atoms with Crippen molar-refractivity contribution in [1.29, 1.82) is 0 Å². The van der Waals surface area contributed by atoms with Crippen LogP contribution in [-0.4, -0.2) is 54.5 Å². The first-order valence-corrected chi connectivity index (χ1v) is 10.8. The third-order valence-electron chi connectivity index (χ3n) is 5.87. The monoisotopic (exact) mass is 534 g/mol. The van der Waals surface area contributed by atoms with E-state index in [-0.39, 0.29) is 29.9 Å². The summed E-state index contributed by atoms with van der Waals surface area (Å²) >= 11 is 0. The summed E-state index contributed by atoms with van der Waals surface area (Å²) in [5.74, 6) is 1.47. The van der Waals surface area contributed by atoms with Gasteiger partial charge in [0.1, 0.15) is 5.82 Å². The number of carbonyl (C=O) groups is 1. The van der Waals surface area contributed by atoms with Crippen LogP contribution in [0.3, 0.4) is 0 Å². The molecule has 7 nitrogen and oxygen atoms in total. The van der Waals surface area contributed by atoms with Crippen molar-refractivity contribution in [2.45, 2.75) is 32.1 Å². The predicted molar refractivity (Wildman–Crippen MR) is 136 cm³/mol. The van der Waals surface area contributed by atoms with Crippen LogP contribution in [0.1, 0.15) is 30.4 Å². The molecule has 166 valence electrons. The minimum atomic E-state index is 0. The van der Waals surface area contributed by atoms with Gasteiger partial charge in [-0.1, -0.05) is 18.2 Å². The van der Waals surface area contributed by atoms with Crippen molar-refractivity contribution >= 4 is 47.3 Å². The Kier molecular flexibility index (Phi) is 8.51. The number of rotatable bonds is 5. The molecule has 0 radical (unpaired) electrons. The van der Waals surface area contributed by atoms with Crippen LogP contribution in [0.5, 0.6) is 0 Å². The number of aryl methyl sites for hydroxylation is 1. The van der Waals surface area contributed by atoms with Crippen molar-refractivity contribution in [3.63, 3.8) is 0 Å². The van der Waals surface area contributed by atoms with Gasteiger partial charge in [-0.15, -0.1) is 24.0 Å². The van der Waals surface area contributed by atoms with Crippen LogP contribution in [0.25, 0.3) is 0 Å². The number of amides is 1. The van der Waals surface area contributed by atoms with Gasteiger partial charge < -0.3 is 20.9 Å². The summed E-state index contributed by atoms with van der Waals surface area (Å²) in [6, 6.07) is 12.2. The first kappa shape index (κ1) is 23.3. The molecule has 0 bridgehead atoms. The number of hydrogen-bond donors (Lipinski definition) is 2. The van der Waals surface area contributed by atoms with E-state index in [4.69, 9.17) is 5.73 Å². The van der Waals surface area contributed by atoms with Gasteiger partial charge in [-0.25, -0.2) is 4.98 Å². The summed E-state index contributed by atoms with van der Waals surface area (Å²) < 4.78 is 0. The summed E-state index contributed by atoms with van der Waals surface area (Å²) in [4.78, 5) is 25.4. The molecule has 2 aliphatic rings. The second-order valence-corrected chi connectivity index (χ2v) is 7.85. The van der Waals surface area contributed by atoms with Crippen LogP contribution in [0, 0.1) is 0 Å². The highest BCUT2D eigenvalue weighted by Gasteiger charge is 2.21. The maximum Gasteiger partial charge on any atom is 0.224 e. The Morgan fingerprint density at radius 3 is 2.65 bits per heavy atom. The van der Waals surface area contributed by atoms with Gasteiger partial charge >= 0.3 is 0 Å². The molecule has 1 amide bonds. The Labute approximate surface area is 201 Å². The molecular formula is C23H31IN6O. The molecule has 1 aliphatic carbocycles. The van der Waals surface area contributed by atoms with Gasteiger partial charge in [0.05, 0.1) is 6.54 Å². The highest BCUT2D eigenvalue weighted by atomic mass is 127. The third-order valence-corrected chi connectivity index (χ3v) is 5.87. The van der Waals surface area contributed by atoms with Gasteiger partial charge in [0.25, 0.3) is 0 Å². The van der Waals surface area contributed by atoms with Gasteiger partial charge in [-0.3, -0.25) is 9.79 Å². The Balaban J connectivity index is 0.00000272. The number of halogens is 1. The first-order valence-electron chi connectivity index (χ1n) is 10.8. The van der Waals surface area contributed by atoms with Crippen LogP contribution in [0.4, 0.5) is 11.5 Å². The number of fused-ring (bicyclic) bond motifs is 1. The summed E-state index contributed by atoms with van der Waals surface area (Å²) in [6.07, 6.45) is 6.84. The van der Waals surface area contributed by atoms with E-state index < -0.39 is 0 Å². The Morgan fingerprint density at radius 1 is 1.06 bits per heavy atom. The van der Waals surface area contributed by atoms with E-state index in [2.05, 4.69) is 38.4 Å². The Bertz CT molecular complexity index is 896. The molecule has 1 saturated heterocycles. The van der Waals surface area contributed by atoms with Crippen LogP contribution < -0.4 is 16.0 Å². The lowest BCUT2D eigenvalue weighted by atomic mass is 9.90. The minimum Gasteiger partial charge on any atom is -0.370 e. The third kappa shape index (κ3) is 6.09. The number of hydrogen-bond acceptors (Lipinski definition) is 4. The fourth-order valence-electron chi connectivity index (χ4n) is 4.23. The number of benzene rings is 1. The van der Waals surface area contributed by atoms with Gasteiger partial charge in [0.15, 0.2) is 5.96 Å². The quantitative estimate of drug-likeness (QED) is 0.350. The molecule has 2 aromatic rings. The number of carbonyl (C=O) groups excluding carboxylic acids is 1. The molecule has 1 aromatic carbocycles. The van der Waals surface area contributed by atoms with Crippen LogP contribution >= 0.6 is 24.0 Å². The topological polar surface area (TPSA) is 86.8 Å². The second kappa shape index (κ2) is 11.3. The van der Waals surface area contributed by atoms with E-state index in [0.29, 0.717) is 32.0 Å². The highest BCUT2D eigenvalue weighted by molar-refractivity contribution is 14.0. The van der Waals surface area contributed by atoms with Gasteiger partial charge in [-0.05, 0) is 55.0 Å². The molecule has 31 heavy (non-hydrogen) atoms. The molecule has 8 heteroatoms. The normalized spacial score (nSPS) is 16.3. The summed E-state index contributed by atoms with van der Waals surface area (Å²) in [5.41, 5.74) is 9.89. The van der Waals surface area contributed by atoms with E-state index in [1.165, 1.54) is 24.0 Å². The summed E-state index contributed by atoms with van der Waals surface area (Å²) in [7, 11) is 0. The van der Waals surface area contributed by atoms with Crippen molar-refractivity contribution in [2.24, 2.45) is 10.7 Å². The highest BCUT2D eigenvalue weighted by Crippen LogP contribution is 2.27. The van der Waals surface area contributed by atoms with Gasteiger partial charge in [0.2, 0.25) is 5.91 Å². The van der Waals surface area contributed by atoms with E-state index in [0.717, 1.165) is 37.4 Å². The van der Waals surface area contributed by atoms with E-state index in [1.807, 2.05) is 23.1 Å². The molecule has 1 aromatic heterocycles. The lowest BCUT2D eigenvalue weighted by Crippen LogP contribution is -2.49. The number of nitrogens with two attached hydrogens (primary N) is 1. The number of aliphatic imine (C=N–C) groups is 1. The Morgan fingerprint density at radius 2 is 1.87 bits per heavy atom. The molecule has 4 rings (SSSR count). The standard InChI is InChI=1S/C23H30N6O.HI/c24-23(27-20-9-5-7-18-6-1-2-8-19(18)20)26-13-11-22(30)29-16-14-28(15-17-29)21-10-3-4-12-25-21;/h3-5,7,9-10,12H,1-2,6,8,11,13-17H2,(H3,24,26,27);1H. The lowest BCUT2D eigenvalue weighted by molar-refractivity contribution is -0.131. The maximum atomic E-state index is 12.5. The lowest BCUT2D eigenvalue weighted by Gasteiger charge is -2.35. The van der Waals surface area contributed by atoms with Crippen LogP contribution in [0.15, 0.2) is 47.6 Å². The number of pyridine rings is 1. The molecule has 0 atom stereocenters. The predicted octanol–water partition coefficient (Wildman–Crippen LogP) is 3.04. The smallest absolute Gasteiger partial charge is 0.224 e. The average molecular weight is 534 g/mol. The van der Waals surface area contributed by atoms with E-state index >= 15 is 0 Å². The number of anilines is 2. The molecule has 0 unspecified atom stereocenters. The molecule has 3 N–H and O–H groups in total. The van der Waals surface area contributed by atoms with Crippen molar-refractivity contribution in [3.8, 4) is 0 Å². The first-order chi connectivity index (χ1) is 14.7. The van der Waals surface area contributed by atoms with Gasteiger partial charge in [-0.2, -0.15) is 0 Å². The van der Waals surface area contributed by atoms with Crippen molar-refractivity contribution in [2.75, 3.05) is 42.9 Å². The molecule has 1 aliphatic heterocycles. The number of nitrogens with one attached hydrogen (secondary N) is 1.